The molecule has 1 aromatic rings. The Hall–Kier alpha value is -1.30. The van der Waals surface area contributed by atoms with Crippen LogP contribution in [0.2, 0.25) is 0 Å². The fourth-order valence-electron chi connectivity index (χ4n) is 2.35. The molecule has 0 saturated carbocycles. The number of carbonyl (C=O) groups excluding carboxylic acids is 1. The van der Waals surface area contributed by atoms with Crippen LogP contribution in [-0.4, -0.2) is 30.5 Å². The van der Waals surface area contributed by atoms with Crippen molar-refractivity contribution in [3.8, 4) is 0 Å². The molecule has 5 nitrogen and oxygen atoms in total. The summed E-state index contributed by atoms with van der Waals surface area (Å²) in [5.41, 5.74) is 6.70. The normalized spacial score (nSPS) is 16.4. The molecular formula is C13H19BrN4O. The second-order valence-electron chi connectivity index (χ2n) is 4.93. The first-order valence-electron chi connectivity index (χ1n) is 6.46. The van der Waals surface area contributed by atoms with Crippen LogP contribution in [-0.2, 0) is 4.79 Å². The molecule has 1 saturated heterocycles. The predicted octanol–water partition coefficient (Wildman–Crippen LogP) is 1.78. The highest BCUT2D eigenvalue weighted by Gasteiger charge is 2.21. The lowest BCUT2D eigenvalue weighted by atomic mass is 9.96. The summed E-state index contributed by atoms with van der Waals surface area (Å²) in [6.45, 7) is 4.19. The number of pyridine rings is 1. The molecule has 0 radical (unpaired) electrons. The third-order valence-corrected chi connectivity index (χ3v) is 3.85. The van der Waals surface area contributed by atoms with E-state index in [9.17, 15) is 4.79 Å². The quantitative estimate of drug-likeness (QED) is 0.888. The number of amides is 1. The van der Waals surface area contributed by atoms with Crippen LogP contribution in [0.4, 0.5) is 11.5 Å². The highest BCUT2D eigenvalue weighted by Crippen LogP contribution is 2.27. The molecule has 1 aliphatic rings. The maximum Gasteiger partial charge on any atom is 0.216 e. The first-order chi connectivity index (χ1) is 9.06. The number of piperidine rings is 1. The van der Waals surface area contributed by atoms with E-state index in [1.807, 2.05) is 6.07 Å². The highest BCUT2D eigenvalue weighted by molar-refractivity contribution is 9.10. The molecule has 0 spiro atoms. The molecule has 19 heavy (non-hydrogen) atoms. The van der Waals surface area contributed by atoms with Gasteiger partial charge in [-0.15, -0.1) is 0 Å². The topological polar surface area (TPSA) is 71.2 Å². The van der Waals surface area contributed by atoms with E-state index >= 15 is 0 Å². The second-order valence-corrected chi connectivity index (χ2v) is 5.85. The summed E-state index contributed by atoms with van der Waals surface area (Å²) in [5.74, 6) is 1.46. The van der Waals surface area contributed by atoms with E-state index in [-0.39, 0.29) is 5.91 Å². The number of rotatable bonds is 3. The summed E-state index contributed by atoms with van der Waals surface area (Å²) >= 11 is 3.36. The molecule has 0 atom stereocenters. The number of hydrogen-bond donors (Lipinski definition) is 2. The van der Waals surface area contributed by atoms with Gasteiger partial charge in [0.05, 0.1) is 5.69 Å². The van der Waals surface area contributed by atoms with E-state index in [2.05, 4.69) is 31.1 Å². The van der Waals surface area contributed by atoms with Crippen molar-refractivity contribution >= 4 is 33.3 Å². The fourth-order valence-corrected chi connectivity index (χ4v) is 2.70. The monoisotopic (exact) mass is 326 g/mol. The summed E-state index contributed by atoms with van der Waals surface area (Å²) in [5, 5.41) is 2.88. The van der Waals surface area contributed by atoms with E-state index in [0.717, 1.165) is 42.8 Å². The number of halogens is 1. The zero-order valence-corrected chi connectivity index (χ0v) is 12.6. The number of anilines is 2. The smallest absolute Gasteiger partial charge is 0.216 e. The Bertz CT molecular complexity index is 458. The maximum atomic E-state index is 10.9. The van der Waals surface area contributed by atoms with Gasteiger partial charge in [-0.1, -0.05) is 0 Å². The molecule has 1 fully saturated rings. The van der Waals surface area contributed by atoms with Gasteiger partial charge in [-0.2, -0.15) is 0 Å². The standard InChI is InChI=1S/C13H19BrN4O/c1-9(19)16-7-10-2-4-18(5-3-10)13-12(15)6-11(14)8-17-13/h6,8,10H,2-5,7,15H2,1H3,(H,16,19). The van der Waals surface area contributed by atoms with Crippen LogP contribution in [0.1, 0.15) is 19.8 Å². The first-order valence-corrected chi connectivity index (χ1v) is 7.26. The summed E-state index contributed by atoms with van der Waals surface area (Å²) in [6.07, 6.45) is 3.88. The summed E-state index contributed by atoms with van der Waals surface area (Å²) in [4.78, 5) is 17.5. The third kappa shape index (κ3) is 3.83. The van der Waals surface area contributed by atoms with Gasteiger partial charge in [0, 0.05) is 37.2 Å². The summed E-state index contributed by atoms with van der Waals surface area (Å²) < 4.78 is 0.897. The zero-order chi connectivity index (χ0) is 13.8. The lowest BCUT2D eigenvalue weighted by Gasteiger charge is -2.33. The third-order valence-electron chi connectivity index (χ3n) is 3.42. The Morgan fingerprint density at radius 3 is 2.84 bits per heavy atom. The Balaban J connectivity index is 1.90. The number of nitrogens with one attached hydrogen (secondary N) is 1. The van der Waals surface area contributed by atoms with Crippen molar-refractivity contribution in [1.29, 1.82) is 0 Å². The van der Waals surface area contributed by atoms with Crippen LogP contribution in [0.25, 0.3) is 0 Å². The van der Waals surface area contributed by atoms with E-state index in [0.29, 0.717) is 11.6 Å². The average molecular weight is 327 g/mol. The molecule has 1 aliphatic heterocycles. The van der Waals surface area contributed by atoms with Crippen LogP contribution in [0.15, 0.2) is 16.7 Å². The molecule has 6 heteroatoms. The number of carbonyl (C=O) groups is 1. The van der Waals surface area contributed by atoms with Crippen LogP contribution in [0.3, 0.4) is 0 Å². The van der Waals surface area contributed by atoms with E-state index in [1.165, 1.54) is 0 Å². The molecule has 1 aromatic heterocycles. The molecule has 2 heterocycles. The van der Waals surface area contributed by atoms with Crippen molar-refractivity contribution in [2.24, 2.45) is 5.92 Å². The molecule has 2 rings (SSSR count). The van der Waals surface area contributed by atoms with Crippen LogP contribution in [0.5, 0.6) is 0 Å². The number of nitrogens with two attached hydrogens (primary N) is 1. The largest absolute Gasteiger partial charge is 0.396 e. The number of hydrogen-bond acceptors (Lipinski definition) is 4. The Kier molecular flexibility index (Phi) is 4.63. The van der Waals surface area contributed by atoms with Crippen LogP contribution in [0, 0.1) is 5.92 Å². The molecule has 3 N–H and O–H groups in total. The van der Waals surface area contributed by atoms with Crippen LogP contribution >= 0.6 is 15.9 Å². The molecule has 1 amide bonds. The lowest BCUT2D eigenvalue weighted by Crippen LogP contribution is -2.38. The molecule has 104 valence electrons. The number of aromatic nitrogens is 1. The fraction of sp³-hybridized carbons (Fsp3) is 0.538. The predicted molar refractivity (Wildman–Crippen MR) is 80.0 cm³/mol. The molecule has 0 aromatic carbocycles. The second kappa shape index (κ2) is 6.23. The van der Waals surface area contributed by atoms with Crippen molar-refractivity contribution in [2.45, 2.75) is 19.8 Å². The lowest BCUT2D eigenvalue weighted by molar-refractivity contribution is -0.119. The van der Waals surface area contributed by atoms with Gasteiger partial charge in [-0.25, -0.2) is 4.98 Å². The van der Waals surface area contributed by atoms with E-state index in [4.69, 9.17) is 5.73 Å². The average Bonchev–Trinajstić information content (AvgIpc) is 2.37. The molecule has 0 unspecified atom stereocenters. The van der Waals surface area contributed by atoms with Gasteiger partial charge in [0.1, 0.15) is 0 Å². The Morgan fingerprint density at radius 1 is 1.58 bits per heavy atom. The highest BCUT2D eigenvalue weighted by atomic mass is 79.9. The number of nitrogens with zero attached hydrogens (tertiary/aromatic N) is 2. The van der Waals surface area contributed by atoms with Gasteiger partial charge in [0.25, 0.3) is 0 Å². The first kappa shape index (κ1) is 14.1. The Morgan fingerprint density at radius 2 is 2.26 bits per heavy atom. The number of nitrogen functional groups attached to an aromatic ring is 1. The summed E-state index contributed by atoms with van der Waals surface area (Å²) in [7, 11) is 0. The van der Waals surface area contributed by atoms with Gasteiger partial charge in [0.2, 0.25) is 5.91 Å². The van der Waals surface area contributed by atoms with Crippen molar-refractivity contribution in [3.05, 3.63) is 16.7 Å². The van der Waals surface area contributed by atoms with Crippen molar-refractivity contribution in [2.75, 3.05) is 30.3 Å². The van der Waals surface area contributed by atoms with E-state index in [1.54, 1.807) is 13.1 Å². The van der Waals surface area contributed by atoms with E-state index < -0.39 is 0 Å². The molecular weight excluding hydrogens is 308 g/mol. The van der Waals surface area contributed by atoms with Crippen molar-refractivity contribution in [3.63, 3.8) is 0 Å². The molecule has 0 bridgehead atoms. The minimum Gasteiger partial charge on any atom is -0.396 e. The van der Waals surface area contributed by atoms with Crippen LogP contribution < -0.4 is 16.0 Å². The zero-order valence-electron chi connectivity index (χ0n) is 11.0. The van der Waals surface area contributed by atoms with Gasteiger partial charge >= 0.3 is 0 Å². The van der Waals surface area contributed by atoms with Gasteiger partial charge in [-0.3, -0.25) is 4.79 Å². The van der Waals surface area contributed by atoms with Crippen molar-refractivity contribution in [1.82, 2.24) is 10.3 Å². The minimum atomic E-state index is 0.0428. The summed E-state index contributed by atoms with van der Waals surface area (Å²) in [6, 6.07) is 1.88. The maximum absolute atomic E-state index is 10.9. The van der Waals surface area contributed by atoms with Crippen molar-refractivity contribution < 1.29 is 4.79 Å². The minimum absolute atomic E-state index is 0.0428. The van der Waals surface area contributed by atoms with Gasteiger partial charge < -0.3 is 16.0 Å². The van der Waals surface area contributed by atoms with Gasteiger partial charge in [0.15, 0.2) is 5.82 Å². The van der Waals surface area contributed by atoms with Gasteiger partial charge in [-0.05, 0) is 40.8 Å². The Labute approximate surface area is 121 Å². The SMILES string of the molecule is CC(=O)NCC1CCN(c2ncc(Br)cc2N)CC1. The molecule has 0 aliphatic carbocycles.